The molecule has 1 saturated heterocycles. The van der Waals surface area contributed by atoms with Gasteiger partial charge in [-0.1, -0.05) is 6.07 Å². The number of rotatable bonds is 6. The van der Waals surface area contributed by atoms with Gasteiger partial charge in [0.15, 0.2) is 11.6 Å². The second-order valence-electron chi connectivity index (χ2n) is 8.75. The van der Waals surface area contributed by atoms with E-state index in [4.69, 9.17) is 9.47 Å². The molecule has 0 bridgehead atoms. The topological polar surface area (TPSA) is 74.5 Å². The average molecular weight is 568 g/mol. The summed E-state index contributed by atoms with van der Waals surface area (Å²) < 4.78 is 56.2. The number of benzene rings is 2. The maximum atomic E-state index is 14.9. The van der Waals surface area contributed by atoms with E-state index in [1.54, 1.807) is 6.07 Å². The molecule has 2 aromatic heterocycles. The predicted molar refractivity (Wildman–Crippen MR) is 143 cm³/mol. The highest BCUT2D eigenvalue weighted by atomic mass is 35.5. The zero-order valence-corrected chi connectivity index (χ0v) is 22.2. The zero-order valence-electron chi connectivity index (χ0n) is 20.6. The summed E-state index contributed by atoms with van der Waals surface area (Å²) >= 11 is 1.14. The fourth-order valence-electron chi connectivity index (χ4n) is 4.73. The molecule has 7 nitrogen and oxygen atoms in total. The van der Waals surface area contributed by atoms with E-state index in [1.807, 2.05) is 0 Å². The summed E-state index contributed by atoms with van der Waals surface area (Å²) in [6.07, 6.45) is 1.16. The number of ether oxygens (including phenoxy) is 2. The van der Waals surface area contributed by atoms with Crippen LogP contribution in [0.3, 0.4) is 0 Å². The third kappa shape index (κ3) is 4.81. The molecule has 38 heavy (non-hydrogen) atoms. The van der Waals surface area contributed by atoms with Crippen molar-refractivity contribution in [1.82, 2.24) is 14.5 Å². The number of aromatic nitrogens is 2. The van der Waals surface area contributed by atoms with E-state index in [-0.39, 0.29) is 52.3 Å². The highest BCUT2D eigenvalue weighted by Crippen LogP contribution is 2.38. The SMILES string of the molecule is COc1cc(F)ccc1-c1cc2c(s1)c(=O)n(C1CCNCC1)c(=O)n2Cc1ccc(OC)c(F)c1F.Cl. The van der Waals surface area contributed by atoms with E-state index in [0.717, 1.165) is 11.3 Å². The van der Waals surface area contributed by atoms with E-state index in [2.05, 4.69) is 5.32 Å². The molecule has 0 amide bonds. The minimum absolute atomic E-state index is 0. The summed E-state index contributed by atoms with van der Waals surface area (Å²) in [5, 5.41) is 3.21. The molecule has 1 N–H and O–H groups in total. The number of thiophene rings is 1. The third-order valence-electron chi connectivity index (χ3n) is 6.63. The first-order valence-electron chi connectivity index (χ1n) is 11.7. The fourth-order valence-corrected chi connectivity index (χ4v) is 5.86. The number of halogens is 4. The first kappa shape index (κ1) is 27.7. The van der Waals surface area contributed by atoms with E-state index < -0.39 is 28.7 Å². The van der Waals surface area contributed by atoms with Crippen molar-refractivity contribution in [3.05, 3.63) is 80.3 Å². The van der Waals surface area contributed by atoms with Gasteiger partial charge in [-0.2, -0.15) is 4.39 Å². The number of nitrogens with zero attached hydrogens (tertiary/aromatic N) is 2. The Bertz CT molecular complexity index is 1610. The van der Waals surface area contributed by atoms with Gasteiger partial charge in [0.05, 0.1) is 26.3 Å². The van der Waals surface area contributed by atoms with Gasteiger partial charge in [0.2, 0.25) is 5.82 Å². The van der Waals surface area contributed by atoms with Crippen LogP contribution in [-0.2, 0) is 6.54 Å². The summed E-state index contributed by atoms with van der Waals surface area (Å²) in [7, 11) is 2.64. The summed E-state index contributed by atoms with van der Waals surface area (Å²) in [6, 6.07) is 7.98. The smallest absolute Gasteiger partial charge is 0.332 e. The van der Waals surface area contributed by atoms with E-state index >= 15 is 0 Å². The van der Waals surface area contributed by atoms with Crippen molar-refractivity contribution >= 4 is 34.0 Å². The number of nitrogens with one attached hydrogen (secondary N) is 1. The minimum atomic E-state index is -1.15. The van der Waals surface area contributed by atoms with E-state index in [1.165, 1.54) is 53.7 Å². The molecule has 1 aliphatic rings. The van der Waals surface area contributed by atoms with Gasteiger partial charge in [-0.25, -0.2) is 13.6 Å². The molecule has 2 aromatic carbocycles. The van der Waals surface area contributed by atoms with Gasteiger partial charge < -0.3 is 14.8 Å². The van der Waals surface area contributed by atoms with Crippen LogP contribution >= 0.6 is 23.7 Å². The van der Waals surface area contributed by atoms with Crippen molar-refractivity contribution < 1.29 is 22.6 Å². The lowest BCUT2D eigenvalue weighted by Crippen LogP contribution is -2.45. The Morgan fingerprint density at radius 1 is 0.974 bits per heavy atom. The first-order chi connectivity index (χ1) is 17.8. The molecular weight excluding hydrogens is 543 g/mol. The molecule has 4 aromatic rings. The Labute approximate surface area is 225 Å². The molecule has 1 fully saturated rings. The molecule has 3 heterocycles. The second-order valence-corrected chi connectivity index (χ2v) is 9.80. The lowest BCUT2D eigenvalue weighted by atomic mass is 10.1. The van der Waals surface area contributed by atoms with Gasteiger partial charge in [0.1, 0.15) is 16.3 Å². The lowest BCUT2D eigenvalue weighted by molar-refractivity contribution is 0.346. The lowest BCUT2D eigenvalue weighted by Gasteiger charge is -2.25. The highest BCUT2D eigenvalue weighted by molar-refractivity contribution is 7.22. The Morgan fingerprint density at radius 3 is 2.37 bits per heavy atom. The Kier molecular flexibility index (Phi) is 8.19. The standard InChI is InChI=1S/C26H24F3N3O4S.ClH/c1-35-19-6-3-14(22(28)23(19)29)13-31-18-12-21(17-5-4-15(27)11-20(17)36-2)37-24(18)25(33)32(26(31)34)16-7-9-30-10-8-16;/h3-6,11-12,16,30H,7-10,13H2,1-2H3;1H. The molecule has 0 aliphatic carbocycles. The van der Waals surface area contributed by atoms with Crippen molar-refractivity contribution in [2.45, 2.75) is 25.4 Å². The van der Waals surface area contributed by atoms with Crippen molar-refractivity contribution in [3.63, 3.8) is 0 Å². The summed E-state index contributed by atoms with van der Waals surface area (Å²) in [4.78, 5) is 27.9. The predicted octanol–water partition coefficient (Wildman–Crippen LogP) is 4.72. The van der Waals surface area contributed by atoms with Crippen LogP contribution < -0.4 is 26.0 Å². The van der Waals surface area contributed by atoms with Gasteiger partial charge in [-0.3, -0.25) is 13.9 Å². The molecule has 0 spiro atoms. The van der Waals surface area contributed by atoms with Crippen LogP contribution in [0.4, 0.5) is 13.2 Å². The monoisotopic (exact) mass is 567 g/mol. The van der Waals surface area contributed by atoms with Crippen LogP contribution in [0, 0.1) is 17.5 Å². The summed E-state index contributed by atoms with van der Waals surface area (Å²) in [5.41, 5.74) is -0.289. The van der Waals surface area contributed by atoms with Crippen LogP contribution in [0.15, 0.2) is 46.0 Å². The van der Waals surface area contributed by atoms with E-state index in [9.17, 15) is 22.8 Å². The molecule has 0 radical (unpaired) electrons. The number of methoxy groups -OCH3 is 2. The summed E-state index contributed by atoms with van der Waals surface area (Å²) in [6.45, 7) is 0.995. The number of piperidine rings is 1. The van der Waals surface area contributed by atoms with Crippen LogP contribution in [0.25, 0.3) is 20.7 Å². The Hall–Kier alpha value is -3.28. The van der Waals surface area contributed by atoms with Crippen molar-refractivity contribution in [2.75, 3.05) is 27.3 Å². The zero-order chi connectivity index (χ0) is 26.3. The van der Waals surface area contributed by atoms with E-state index in [0.29, 0.717) is 36.4 Å². The molecule has 0 unspecified atom stereocenters. The Balaban J connectivity index is 0.00000336. The summed E-state index contributed by atoms with van der Waals surface area (Å²) in [5.74, 6) is -2.75. The van der Waals surface area contributed by atoms with Crippen LogP contribution in [0.5, 0.6) is 11.5 Å². The van der Waals surface area contributed by atoms with Gasteiger partial charge in [0.25, 0.3) is 5.56 Å². The quantitative estimate of drug-likeness (QED) is 0.365. The molecule has 0 saturated carbocycles. The Morgan fingerprint density at radius 2 is 1.68 bits per heavy atom. The molecule has 12 heteroatoms. The molecule has 202 valence electrons. The van der Waals surface area contributed by atoms with Gasteiger partial charge in [0, 0.05) is 28.1 Å². The fraction of sp³-hybridized carbons (Fsp3) is 0.308. The van der Waals surface area contributed by atoms with Crippen molar-refractivity contribution in [3.8, 4) is 21.9 Å². The minimum Gasteiger partial charge on any atom is -0.496 e. The van der Waals surface area contributed by atoms with Crippen LogP contribution in [0.2, 0.25) is 0 Å². The largest absolute Gasteiger partial charge is 0.496 e. The van der Waals surface area contributed by atoms with Gasteiger partial charge in [-0.05, 0) is 50.2 Å². The highest BCUT2D eigenvalue weighted by Gasteiger charge is 2.25. The normalized spacial score (nSPS) is 13.9. The van der Waals surface area contributed by atoms with Crippen molar-refractivity contribution in [1.29, 1.82) is 0 Å². The average Bonchev–Trinajstić information content (AvgIpc) is 3.35. The maximum absolute atomic E-state index is 14.9. The maximum Gasteiger partial charge on any atom is 0.332 e. The van der Waals surface area contributed by atoms with Gasteiger partial charge >= 0.3 is 5.69 Å². The van der Waals surface area contributed by atoms with Crippen LogP contribution in [-0.4, -0.2) is 36.4 Å². The first-order valence-corrected chi connectivity index (χ1v) is 12.5. The van der Waals surface area contributed by atoms with Crippen LogP contribution in [0.1, 0.15) is 24.4 Å². The molecule has 1 aliphatic heterocycles. The second kappa shape index (κ2) is 11.2. The molecule has 0 atom stereocenters. The van der Waals surface area contributed by atoms with Crippen molar-refractivity contribution in [2.24, 2.45) is 0 Å². The third-order valence-corrected chi connectivity index (χ3v) is 7.78. The number of hydrogen-bond donors (Lipinski definition) is 1. The number of fused-ring (bicyclic) bond motifs is 1. The number of hydrogen-bond acceptors (Lipinski definition) is 6. The molecule has 5 rings (SSSR count). The van der Waals surface area contributed by atoms with Gasteiger partial charge in [-0.15, -0.1) is 23.7 Å². The molecular formula is C26H25ClF3N3O4S.